The highest BCUT2D eigenvalue weighted by molar-refractivity contribution is 5.86. The Balaban J connectivity index is 3.82. The molecule has 12 heavy (non-hydrogen) atoms. The zero-order chi connectivity index (χ0) is 9.56. The molecule has 0 aromatic heterocycles. The lowest BCUT2D eigenvalue weighted by atomic mass is 10.2. The fourth-order valence-electron chi connectivity index (χ4n) is 0.995. The van der Waals surface area contributed by atoms with Crippen molar-refractivity contribution in [1.82, 2.24) is 0 Å². The fraction of sp³-hybridized carbons (Fsp3) is 0.889. The molecule has 0 amide bonds. The molecule has 0 spiro atoms. The van der Waals surface area contributed by atoms with Crippen LogP contribution in [0.5, 0.6) is 0 Å². The molecule has 0 aliphatic heterocycles. The molecule has 0 aromatic carbocycles. The maximum Gasteiger partial charge on any atom is 0.189 e. The van der Waals surface area contributed by atoms with E-state index in [0.29, 0.717) is 13.2 Å². The molecule has 0 aliphatic carbocycles. The smallest absolute Gasteiger partial charge is 0.189 e. The molecule has 0 aliphatic rings. The number of rotatable bonds is 6. The minimum atomic E-state index is -0.350. The van der Waals surface area contributed by atoms with Crippen molar-refractivity contribution in [2.45, 2.75) is 39.9 Å². The van der Waals surface area contributed by atoms with Crippen LogP contribution in [-0.4, -0.2) is 31.2 Å². The summed E-state index contributed by atoms with van der Waals surface area (Å²) in [7, 11) is 0. The molecule has 3 nitrogen and oxygen atoms in total. The van der Waals surface area contributed by atoms with Gasteiger partial charge in [-0.2, -0.15) is 0 Å². The molecule has 0 radical (unpaired) electrons. The summed E-state index contributed by atoms with van der Waals surface area (Å²) in [6, 6.07) is 0. The highest BCUT2D eigenvalue weighted by atomic mass is 16.5. The van der Waals surface area contributed by atoms with E-state index < -0.39 is 0 Å². The van der Waals surface area contributed by atoms with Crippen LogP contribution in [0.3, 0.4) is 0 Å². The standard InChI is InChI=1S/C9H18O3/c1-5-11-7(3)9(10)8(4)12-6-2/h7-8H,5-6H2,1-4H3. The van der Waals surface area contributed by atoms with E-state index in [0.717, 1.165) is 0 Å². The molecular formula is C9H18O3. The summed E-state index contributed by atoms with van der Waals surface area (Å²) >= 11 is 0. The largest absolute Gasteiger partial charge is 0.371 e. The Morgan fingerprint density at radius 3 is 1.67 bits per heavy atom. The third-order valence-corrected chi connectivity index (χ3v) is 1.63. The van der Waals surface area contributed by atoms with Crippen molar-refractivity contribution < 1.29 is 14.3 Å². The van der Waals surface area contributed by atoms with Gasteiger partial charge >= 0.3 is 0 Å². The maximum absolute atomic E-state index is 11.4. The Kier molecular flexibility index (Phi) is 5.93. The predicted molar refractivity (Wildman–Crippen MR) is 47.2 cm³/mol. The highest BCUT2D eigenvalue weighted by Gasteiger charge is 2.19. The molecule has 0 fully saturated rings. The summed E-state index contributed by atoms with van der Waals surface area (Å²) in [5.74, 6) is 0.0127. The molecule has 2 unspecified atom stereocenters. The van der Waals surface area contributed by atoms with E-state index in [2.05, 4.69) is 0 Å². The average Bonchev–Trinajstić information content (AvgIpc) is 2.04. The van der Waals surface area contributed by atoms with Crippen molar-refractivity contribution in [3.8, 4) is 0 Å². The molecule has 0 saturated heterocycles. The topological polar surface area (TPSA) is 35.5 Å². The quantitative estimate of drug-likeness (QED) is 0.610. The van der Waals surface area contributed by atoms with Gasteiger partial charge in [0.2, 0.25) is 0 Å². The van der Waals surface area contributed by atoms with E-state index in [9.17, 15) is 4.79 Å². The third-order valence-electron chi connectivity index (χ3n) is 1.63. The van der Waals surface area contributed by atoms with Crippen LogP contribution < -0.4 is 0 Å². The van der Waals surface area contributed by atoms with Crippen molar-refractivity contribution in [2.24, 2.45) is 0 Å². The van der Waals surface area contributed by atoms with Crippen LogP contribution in [0.2, 0.25) is 0 Å². The molecule has 72 valence electrons. The Bertz CT molecular complexity index is 120. The summed E-state index contributed by atoms with van der Waals surface area (Å²) in [5, 5.41) is 0. The van der Waals surface area contributed by atoms with E-state index in [1.165, 1.54) is 0 Å². The van der Waals surface area contributed by atoms with Gasteiger partial charge in [-0.3, -0.25) is 4.79 Å². The summed E-state index contributed by atoms with van der Waals surface area (Å²) in [5.41, 5.74) is 0. The zero-order valence-electron chi connectivity index (χ0n) is 8.29. The molecule has 0 N–H and O–H groups in total. The van der Waals surface area contributed by atoms with Crippen LogP contribution in [0.25, 0.3) is 0 Å². The maximum atomic E-state index is 11.4. The number of ketones is 1. The highest BCUT2D eigenvalue weighted by Crippen LogP contribution is 2.00. The van der Waals surface area contributed by atoms with Crippen LogP contribution in [0, 0.1) is 0 Å². The van der Waals surface area contributed by atoms with Gasteiger partial charge < -0.3 is 9.47 Å². The van der Waals surface area contributed by atoms with Crippen molar-refractivity contribution in [3.63, 3.8) is 0 Å². The lowest BCUT2D eigenvalue weighted by Gasteiger charge is -2.15. The molecule has 2 atom stereocenters. The van der Waals surface area contributed by atoms with E-state index in [1.54, 1.807) is 13.8 Å². The van der Waals surface area contributed by atoms with Crippen molar-refractivity contribution in [3.05, 3.63) is 0 Å². The van der Waals surface area contributed by atoms with Crippen LogP contribution in [0.1, 0.15) is 27.7 Å². The SMILES string of the molecule is CCOC(C)C(=O)C(C)OCC. The van der Waals surface area contributed by atoms with Crippen molar-refractivity contribution in [1.29, 1.82) is 0 Å². The number of carbonyl (C=O) groups excluding carboxylic acids is 1. The van der Waals surface area contributed by atoms with Gasteiger partial charge in [0.05, 0.1) is 0 Å². The Hall–Kier alpha value is -0.410. The fourth-order valence-corrected chi connectivity index (χ4v) is 0.995. The van der Waals surface area contributed by atoms with Crippen LogP contribution in [0.4, 0.5) is 0 Å². The van der Waals surface area contributed by atoms with Gasteiger partial charge in [0.25, 0.3) is 0 Å². The molecule has 3 heteroatoms. The predicted octanol–water partition coefficient (Wildman–Crippen LogP) is 1.41. The van der Waals surface area contributed by atoms with Crippen LogP contribution in [0.15, 0.2) is 0 Å². The first-order chi connectivity index (χ1) is 5.63. The van der Waals surface area contributed by atoms with Gasteiger partial charge in [0.15, 0.2) is 5.78 Å². The number of hydrogen-bond donors (Lipinski definition) is 0. The second kappa shape index (κ2) is 6.14. The molecular weight excluding hydrogens is 156 g/mol. The first kappa shape index (κ1) is 11.6. The number of Topliss-reactive ketones (excluding diaryl/α,β-unsaturated/α-hetero) is 1. The van der Waals surface area contributed by atoms with Crippen LogP contribution >= 0.6 is 0 Å². The summed E-state index contributed by atoms with van der Waals surface area (Å²) < 4.78 is 10.3. The first-order valence-corrected chi connectivity index (χ1v) is 4.40. The normalized spacial score (nSPS) is 15.7. The Morgan fingerprint density at radius 1 is 1.08 bits per heavy atom. The second-order valence-corrected chi connectivity index (χ2v) is 2.60. The lowest BCUT2D eigenvalue weighted by molar-refractivity contribution is -0.139. The third kappa shape index (κ3) is 3.83. The molecule has 0 heterocycles. The molecule has 0 aromatic rings. The zero-order valence-corrected chi connectivity index (χ0v) is 8.29. The van der Waals surface area contributed by atoms with Crippen molar-refractivity contribution >= 4 is 5.78 Å². The van der Waals surface area contributed by atoms with Crippen LogP contribution in [-0.2, 0) is 14.3 Å². The Morgan fingerprint density at radius 2 is 1.42 bits per heavy atom. The van der Waals surface area contributed by atoms with Gasteiger partial charge in [0.1, 0.15) is 12.2 Å². The van der Waals surface area contributed by atoms with E-state index in [1.807, 2.05) is 13.8 Å². The van der Waals surface area contributed by atoms with Crippen molar-refractivity contribution in [2.75, 3.05) is 13.2 Å². The van der Waals surface area contributed by atoms with E-state index in [-0.39, 0.29) is 18.0 Å². The molecule has 0 bridgehead atoms. The molecule has 0 rings (SSSR count). The summed E-state index contributed by atoms with van der Waals surface area (Å²) in [6.07, 6.45) is -0.701. The molecule has 0 saturated carbocycles. The van der Waals surface area contributed by atoms with Gasteiger partial charge in [-0.15, -0.1) is 0 Å². The number of ether oxygens (including phenoxy) is 2. The minimum Gasteiger partial charge on any atom is -0.371 e. The van der Waals surface area contributed by atoms with Gasteiger partial charge in [-0.25, -0.2) is 0 Å². The van der Waals surface area contributed by atoms with E-state index in [4.69, 9.17) is 9.47 Å². The Labute approximate surface area is 74.0 Å². The first-order valence-electron chi connectivity index (χ1n) is 4.40. The lowest BCUT2D eigenvalue weighted by Crippen LogP contribution is -2.32. The second-order valence-electron chi connectivity index (χ2n) is 2.60. The van der Waals surface area contributed by atoms with Gasteiger partial charge in [0, 0.05) is 13.2 Å². The monoisotopic (exact) mass is 174 g/mol. The van der Waals surface area contributed by atoms with Gasteiger partial charge in [-0.05, 0) is 27.7 Å². The number of hydrogen-bond acceptors (Lipinski definition) is 3. The minimum absolute atomic E-state index is 0.0127. The van der Waals surface area contributed by atoms with Gasteiger partial charge in [-0.1, -0.05) is 0 Å². The van der Waals surface area contributed by atoms with E-state index >= 15 is 0 Å². The summed E-state index contributed by atoms with van der Waals surface area (Å²) in [6.45, 7) is 8.37. The average molecular weight is 174 g/mol. The summed E-state index contributed by atoms with van der Waals surface area (Å²) in [4.78, 5) is 11.4. The number of carbonyl (C=O) groups is 1.